The van der Waals surface area contributed by atoms with Crippen molar-refractivity contribution in [2.75, 3.05) is 13.1 Å². The second-order valence-corrected chi connectivity index (χ2v) is 5.85. The fraction of sp³-hybridized carbons (Fsp3) is 0.278. The van der Waals surface area contributed by atoms with Gasteiger partial charge in [-0.2, -0.15) is 0 Å². The Labute approximate surface area is 148 Å². The summed E-state index contributed by atoms with van der Waals surface area (Å²) in [6.45, 7) is 0.828. The fourth-order valence-electron chi connectivity index (χ4n) is 2.65. The maximum atomic E-state index is 13.6. The van der Waals surface area contributed by atoms with Crippen LogP contribution in [0.5, 0.6) is 6.01 Å². The van der Waals surface area contributed by atoms with Crippen molar-refractivity contribution in [3.05, 3.63) is 59.7 Å². The highest BCUT2D eigenvalue weighted by atomic mass is 19.1. The first kappa shape index (κ1) is 17.9. The number of carbonyl (C=O) groups is 1. The minimum atomic E-state index is -0.608. The Morgan fingerprint density at radius 1 is 1.19 bits per heavy atom. The molecule has 3 rings (SSSR count). The molecule has 0 saturated carbocycles. The molecule has 0 aliphatic carbocycles. The third kappa shape index (κ3) is 4.59. The third-order valence-corrected chi connectivity index (χ3v) is 3.92. The predicted octanol–water partition coefficient (Wildman–Crippen LogP) is 2.98. The van der Waals surface area contributed by atoms with E-state index in [4.69, 9.17) is 4.74 Å². The lowest BCUT2D eigenvalue weighted by atomic mass is 10.1. The van der Waals surface area contributed by atoms with Crippen LogP contribution < -0.4 is 4.74 Å². The van der Waals surface area contributed by atoms with Gasteiger partial charge >= 0.3 is 6.01 Å². The molecule has 26 heavy (non-hydrogen) atoms. The second-order valence-electron chi connectivity index (χ2n) is 5.85. The van der Waals surface area contributed by atoms with Crippen LogP contribution in [0, 0.1) is 17.5 Å². The number of ether oxygens (including phenoxy) is 1. The zero-order chi connectivity index (χ0) is 18.5. The average Bonchev–Trinajstić information content (AvgIpc) is 2.64. The number of benzene rings is 1. The molecule has 8 heteroatoms. The molecule has 136 valence electrons. The summed E-state index contributed by atoms with van der Waals surface area (Å²) in [5, 5.41) is 0. The molecule has 1 aromatic heterocycles. The van der Waals surface area contributed by atoms with E-state index in [0.717, 1.165) is 30.6 Å². The number of piperidine rings is 1. The van der Waals surface area contributed by atoms with Crippen LogP contribution in [0.4, 0.5) is 13.2 Å². The SMILES string of the molecule is O=C(/C=C/c1cc(F)ccc1F)N1CCCC(Oc2ncc(F)cn2)C1. The number of hydrogen-bond donors (Lipinski definition) is 0. The van der Waals surface area contributed by atoms with Gasteiger partial charge < -0.3 is 9.64 Å². The van der Waals surface area contributed by atoms with E-state index in [1.54, 1.807) is 4.90 Å². The Hall–Kier alpha value is -2.90. The van der Waals surface area contributed by atoms with Gasteiger partial charge in [0.05, 0.1) is 18.9 Å². The molecule has 1 unspecified atom stereocenters. The standard InChI is InChI=1S/C18H16F3N3O2/c19-13-4-5-16(21)12(8-13)3-6-17(25)24-7-1-2-15(11-24)26-18-22-9-14(20)10-23-18/h3-6,8-10,15H,1-2,7,11H2/b6-3+. The van der Waals surface area contributed by atoms with E-state index in [1.807, 2.05) is 0 Å². The Bertz CT molecular complexity index is 812. The van der Waals surface area contributed by atoms with Crippen LogP contribution in [0.3, 0.4) is 0 Å². The largest absolute Gasteiger partial charge is 0.458 e. The monoisotopic (exact) mass is 363 g/mol. The van der Waals surface area contributed by atoms with E-state index in [-0.39, 0.29) is 23.6 Å². The summed E-state index contributed by atoms with van der Waals surface area (Å²) in [7, 11) is 0. The van der Waals surface area contributed by atoms with E-state index in [2.05, 4.69) is 9.97 Å². The van der Waals surface area contributed by atoms with Crippen LogP contribution >= 0.6 is 0 Å². The maximum absolute atomic E-state index is 13.6. The summed E-state index contributed by atoms with van der Waals surface area (Å²) in [5.41, 5.74) is 0.00266. The lowest BCUT2D eigenvalue weighted by molar-refractivity contribution is -0.128. The number of hydrogen-bond acceptors (Lipinski definition) is 4. The molecule has 5 nitrogen and oxygen atoms in total. The van der Waals surface area contributed by atoms with Crippen molar-refractivity contribution in [2.45, 2.75) is 18.9 Å². The Morgan fingerprint density at radius 2 is 1.96 bits per heavy atom. The predicted molar refractivity (Wildman–Crippen MR) is 87.6 cm³/mol. The van der Waals surface area contributed by atoms with E-state index in [1.165, 1.54) is 12.2 Å². The second kappa shape index (κ2) is 7.99. The van der Waals surface area contributed by atoms with Crippen molar-refractivity contribution in [3.8, 4) is 6.01 Å². The van der Waals surface area contributed by atoms with Gasteiger partial charge in [-0.15, -0.1) is 0 Å². The molecule has 1 amide bonds. The third-order valence-electron chi connectivity index (χ3n) is 3.92. The first-order valence-electron chi connectivity index (χ1n) is 8.07. The molecular weight excluding hydrogens is 347 g/mol. The van der Waals surface area contributed by atoms with Gasteiger partial charge in [0.2, 0.25) is 5.91 Å². The highest BCUT2D eigenvalue weighted by Crippen LogP contribution is 2.17. The summed E-state index contributed by atoms with van der Waals surface area (Å²) in [6.07, 6.45) is 5.54. The molecule has 1 aliphatic heterocycles. The van der Waals surface area contributed by atoms with Gasteiger partial charge in [0, 0.05) is 18.2 Å². The molecule has 2 aromatic rings. The van der Waals surface area contributed by atoms with Crippen LogP contribution in [-0.2, 0) is 4.79 Å². The Kier molecular flexibility index (Phi) is 5.50. The highest BCUT2D eigenvalue weighted by molar-refractivity contribution is 5.91. The van der Waals surface area contributed by atoms with Crippen molar-refractivity contribution in [3.63, 3.8) is 0 Å². The van der Waals surface area contributed by atoms with Gasteiger partial charge in [-0.25, -0.2) is 23.1 Å². The summed E-state index contributed by atoms with van der Waals surface area (Å²) in [5.74, 6) is -2.08. The molecule has 0 radical (unpaired) electrons. The maximum Gasteiger partial charge on any atom is 0.316 e. The van der Waals surface area contributed by atoms with Crippen molar-refractivity contribution >= 4 is 12.0 Å². The van der Waals surface area contributed by atoms with Crippen LogP contribution in [0.25, 0.3) is 6.08 Å². The molecule has 2 heterocycles. The molecule has 1 atom stereocenters. The quantitative estimate of drug-likeness (QED) is 0.784. The number of halogens is 3. The lowest BCUT2D eigenvalue weighted by Crippen LogP contribution is -2.43. The smallest absolute Gasteiger partial charge is 0.316 e. The molecule has 1 fully saturated rings. The van der Waals surface area contributed by atoms with Gasteiger partial charge in [-0.05, 0) is 37.1 Å². The van der Waals surface area contributed by atoms with Gasteiger partial charge in [-0.1, -0.05) is 0 Å². The number of aromatic nitrogens is 2. The normalized spacial score (nSPS) is 17.5. The summed E-state index contributed by atoms with van der Waals surface area (Å²) in [4.78, 5) is 21.3. The van der Waals surface area contributed by atoms with Gasteiger partial charge in [-0.3, -0.25) is 4.79 Å². The number of rotatable bonds is 4. The van der Waals surface area contributed by atoms with E-state index >= 15 is 0 Å². The van der Waals surface area contributed by atoms with E-state index in [0.29, 0.717) is 25.9 Å². The minimum absolute atomic E-state index is 0.00266. The fourth-order valence-corrected chi connectivity index (χ4v) is 2.65. The number of nitrogens with zero attached hydrogens (tertiary/aromatic N) is 3. The van der Waals surface area contributed by atoms with Gasteiger partial charge in [0.15, 0.2) is 5.82 Å². The van der Waals surface area contributed by atoms with Crippen LogP contribution in [0.15, 0.2) is 36.7 Å². The topological polar surface area (TPSA) is 55.3 Å². The van der Waals surface area contributed by atoms with Crippen LogP contribution in [-0.4, -0.2) is 40.0 Å². The molecule has 1 aromatic carbocycles. The summed E-state index contributed by atoms with van der Waals surface area (Å²) < 4.78 is 45.1. The number of amides is 1. The highest BCUT2D eigenvalue weighted by Gasteiger charge is 2.24. The van der Waals surface area contributed by atoms with Gasteiger partial charge in [0.25, 0.3) is 0 Å². The molecule has 1 aliphatic rings. The van der Waals surface area contributed by atoms with Crippen LogP contribution in [0.2, 0.25) is 0 Å². The van der Waals surface area contributed by atoms with Crippen molar-refractivity contribution < 1.29 is 22.7 Å². The lowest BCUT2D eigenvalue weighted by Gasteiger charge is -2.31. The first-order chi connectivity index (χ1) is 12.5. The molecular formula is C18H16F3N3O2. The average molecular weight is 363 g/mol. The van der Waals surface area contributed by atoms with E-state index < -0.39 is 17.5 Å². The molecule has 1 saturated heterocycles. The van der Waals surface area contributed by atoms with E-state index in [9.17, 15) is 18.0 Å². The molecule has 0 spiro atoms. The van der Waals surface area contributed by atoms with Gasteiger partial charge in [0.1, 0.15) is 17.7 Å². The zero-order valence-electron chi connectivity index (χ0n) is 13.7. The number of carbonyl (C=O) groups excluding carboxylic acids is 1. The van der Waals surface area contributed by atoms with Crippen molar-refractivity contribution in [2.24, 2.45) is 0 Å². The summed E-state index contributed by atoms with van der Waals surface area (Å²) >= 11 is 0. The Morgan fingerprint density at radius 3 is 2.73 bits per heavy atom. The minimum Gasteiger partial charge on any atom is -0.458 e. The van der Waals surface area contributed by atoms with Crippen molar-refractivity contribution in [1.82, 2.24) is 14.9 Å². The van der Waals surface area contributed by atoms with Crippen molar-refractivity contribution in [1.29, 1.82) is 0 Å². The molecule has 0 N–H and O–H groups in total. The first-order valence-corrected chi connectivity index (χ1v) is 8.07. The number of likely N-dealkylation sites (tertiary alicyclic amines) is 1. The van der Waals surface area contributed by atoms with Crippen LogP contribution in [0.1, 0.15) is 18.4 Å². The zero-order valence-corrected chi connectivity index (χ0v) is 13.7. The summed E-state index contributed by atoms with van der Waals surface area (Å²) in [6, 6.07) is 3.08. The Balaban J connectivity index is 1.61. The molecule has 0 bridgehead atoms.